The average molecular weight is 405 g/mol. The zero-order chi connectivity index (χ0) is 20.6. The first-order valence-electron chi connectivity index (χ1n) is 9.69. The number of aliphatic hydroxyl groups is 1. The van der Waals surface area contributed by atoms with Crippen LogP contribution in [-0.4, -0.2) is 33.8 Å². The summed E-state index contributed by atoms with van der Waals surface area (Å²) >= 11 is 0. The number of carbonyl (C=O) groups excluding carboxylic acids is 1. The molecule has 4 nitrogen and oxygen atoms in total. The van der Waals surface area contributed by atoms with Crippen LogP contribution in [0.15, 0.2) is 42.5 Å². The van der Waals surface area contributed by atoms with Crippen LogP contribution in [0.3, 0.4) is 0 Å². The van der Waals surface area contributed by atoms with Gasteiger partial charge in [0.25, 0.3) is 0 Å². The van der Waals surface area contributed by atoms with E-state index in [0.29, 0.717) is 18.9 Å². The van der Waals surface area contributed by atoms with Gasteiger partial charge in [-0.1, -0.05) is 30.3 Å². The van der Waals surface area contributed by atoms with E-state index in [0.717, 1.165) is 11.6 Å². The Bertz CT molecular complexity index is 892. The molecule has 2 saturated heterocycles. The monoisotopic (exact) mass is 405 g/mol. The van der Waals surface area contributed by atoms with Crippen molar-refractivity contribution in [1.82, 2.24) is 4.90 Å². The third kappa shape index (κ3) is 4.10. The lowest BCUT2D eigenvalue weighted by atomic mass is 9.81. The van der Waals surface area contributed by atoms with Crippen molar-refractivity contribution in [2.24, 2.45) is 0 Å². The molecule has 1 N–H and O–H groups in total. The Morgan fingerprint density at radius 2 is 1.66 bits per heavy atom. The molecule has 0 spiro atoms. The molecule has 2 heterocycles. The van der Waals surface area contributed by atoms with E-state index in [1.54, 1.807) is 4.90 Å². The zero-order valence-corrected chi connectivity index (χ0v) is 15.8. The van der Waals surface area contributed by atoms with Crippen LogP contribution in [0.4, 0.5) is 18.0 Å². The minimum Gasteiger partial charge on any atom is -0.445 e. The van der Waals surface area contributed by atoms with Crippen molar-refractivity contribution in [3.63, 3.8) is 0 Å². The van der Waals surface area contributed by atoms with Crippen molar-refractivity contribution in [2.45, 2.75) is 56.4 Å². The van der Waals surface area contributed by atoms with E-state index in [-0.39, 0.29) is 43.5 Å². The van der Waals surface area contributed by atoms with Gasteiger partial charge in [0.2, 0.25) is 0 Å². The van der Waals surface area contributed by atoms with Gasteiger partial charge < -0.3 is 14.7 Å². The second-order valence-electron chi connectivity index (χ2n) is 8.00. The second kappa shape index (κ2) is 7.71. The van der Waals surface area contributed by atoms with Gasteiger partial charge in [0, 0.05) is 24.6 Å². The molecule has 2 aromatic rings. The molecular formula is C22H22F3NO3. The summed E-state index contributed by atoms with van der Waals surface area (Å²) in [6.45, 7) is 0.167. The van der Waals surface area contributed by atoms with Crippen LogP contribution in [0.25, 0.3) is 0 Å². The van der Waals surface area contributed by atoms with Crippen molar-refractivity contribution in [3.8, 4) is 0 Å². The highest BCUT2D eigenvalue weighted by Crippen LogP contribution is 2.43. The quantitative estimate of drug-likeness (QED) is 0.770. The van der Waals surface area contributed by atoms with Gasteiger partial charge in [-0.15, -0.1) is 0 Å². The van der Waals surface area contributed by atoms with E-state index in [2.05, 4.69) is 0 Å². The molecule has 1 amide bonds. The fraction of sp³-hybridized carbons (Fsp3) is 0.409. The van der Waals surface area contributed by atoms with Gasteiger partial charge in [0.15, 0.2) is 11.6 Å². The van der Waals surface area contributed by atoms with Crippen LogP contribution in [0.1, 0.15) is 36.8 Å². The van der Waals surface area contributed by atoms with Crippen LogP contribution in [0.5, 0.6) is 0 Å². The number of ether oxygens (including phenoxy) is 1. The molecule has 2 aliphatic heterocycles. The standard InChI is InChI=1S/C22H22F3NO3/c23-18-9-20(25)19(24)8-15(18)10-22(28)11-16-6-7-17(12-22)26(16)21(27)29-13-14-4-2-1-3-5-14/h1-5,8-9,16-17,28H,6-7,10-13H2. The molecule has 0 saturated carbocycles. The minimum atomic E-state index is -1.28. The van der Waals surface area contributed by atoms with Crippen molar-refractivity contribution >= 4 is 6.09 Å². The lowest BCUT2D eigenvalue weighted by Crippen LogP contribution is -2.54. The molecule has 7 heteroatoms. The molecular weight excluding hydrogens is 383 g/mol. The Morgan fingerprint density at radius 1 is 1.03 bits per heavy atom. The lowest BCUT2D eigenvalue weighted by Gasteiger charge is -2.43. The van der Waals surface area contributed by atoms with Crippen molar-refractivity contribution < 1.29 is 27.8 Å². The molecule has 154 valence electrons. The number of carbonyl (C=O) groups is 1. The van der Waals surface area contributed by atoms with E-state index < -0.39 is 29.1 Å². The third-order valence-electron chi connectivity index (χ3n) is 5.88. The maximum Gasteiger partial charge on any atom is 0.410 e. The van der Waals surface area contributed by atoms with Crippen LogP contribution >= 0.6 is 0 Å². The molecule has 0 radical (unpaired) electrons. The lowest BCUT2D eigenvalue weighted by molar-refractivity contribution is -0.0490. The molecule has 2 aromatic carbocycles. The first-order valence-corrected chi connectivity index (χ1v) is 9.69. The van der Waals surface area contributed by atoms with E-state index in [4.69, 9.17) is 4.74 Å². The number of hydrogen-bond acceptors (Lipinski definition) is 3. The summed E-state index contributed by atoms with van der Waals surface area (Å²) in [5.74, 6) is -3.28. The highest BCUT2D eigenvalue weighted by molar-refractivity contribution is 5.69. The summed E-state index contributed by atoms with van der Waals surface area (Å²) in [6, 6.07) is 10.2. The number of nitrogens with zero attached hydrogens (tertiary/aromatic N) is 1. The Morgan fingerprint density at radius 3 is 2.31 bits per heavy atom. The van der Waals surface area contributed by atoms with Gasteiger partial charge in [0.05, 0.1) is 5.60 Å². The van der Waals surface area contributed by atoms with E-state index in [1.807, 2.05) is 30.3 Å². The fourth-order valence-corrected chi connectivity index (χ4v) is 4.61. The Hall–Kier alpha value is -2.54. The fourth-order valence-electron chi connectivity index (χ4n) is 4.61. The highest BCUT2D eigenvalue weighted by atomic mass is 19.2. The number of amides is 1. The molecule has 2 fully saturated rings. The summed E-state index contributed by atoms with van der Waals surface area (Å²) in [6.07, 6.45) is 1.35. The summed E-state index contributed by atoms with van der Waals surface area (Å²) in [7, 11) is 0. The van der Waals surface area contributed by atoms with Gasteiger partial charge in [-0.05, 0) is 42.9 Å². The average Bonchev–Trinajstić information content (AvgIpc) is 2.97. The number of halogens is 3. The van der Waals surface area contributed by atoms with Crippen molar-refractivity contribution in [3.05, 3.63) is 71.0 Å². The van der Waals surface area contributed by atoms with Crippen LogP contribution < -0.4 is 0 Å². The number of benzene rings is 2. The zero-order valence-electron chi connectivity index (χ0n) is 15.8. The SMILES string of the molecule is O=C(OCc1ccccc1)N1C2CCC1CC(O)(Cc1cc(F)c(F)cc1F)C2. The van der Waals surface area contributed by atoms with E-state index in [1.165, 1.54) is 0 Å². The van der Waals surface area contributed by atoms with Gasteiger partial charge in [-0.3, -0.25) is 0 Å². The topological polar surface area (TPSA) is 49.8 Å². The molecule has 0 aromatic heterocycles. The summed E-state index contributed by atoms with van der Waals surface area (Å²) in [5, 5.41) is 11.0. The summed E-state index contributed by atoms with van der Waals surface area (Å²) < 4.78 is 46.1. The van der Waals surface area contributed by atoms with E-state index >= 15 is 0 Å². The maximum absolute atomic E-state index is 14.0. The Kier molecular flexibility index (Phi) is 5.25. The van der Waals surface area contributed by atoms with Gasteiger partial charge in [0.1, 0.15) is 12.4 Å². The second-order valence-corrected chi connectivity index (χ2v) is 8.00. The first kappa shape index (κ1) is 19.8. The Balaban J connectivity index is 1.43. The molecule has 2 unspecified atom stereocenters. The number of fused-ring (bicyclic) bond motifs is 2. The van der Waals surface area contributed by atoms with Gasteiger partial charge in [-0.25, -0.2) is 18.0 Å². The Labute approximate surface area is 166 Å². The maximum atomic E-state index is 14.0. The number of piperidine rings is 1. The van der Waals surface area contributed by atoms with Crippen LogP contribution in [0.2, 0.25) is 0 Å². The molecule has 29 heavy (non-hydrogen) atoms. The molecule has 2 bridgehead atoms. The number of rotatable bonds is 4. The summed E-state index contributed by atoms with van der Waals surface area (Å²) in [4.78, 5) is 14.3. The minimum absolute atomic E-state index is 0.0640. The van der Waals surface area contributed by atoms with Gasteiger partial charge >= 0.3 is 6.09 Å². The first-order chi connectivity index (χ1) is 13.8. The van der Waals surface area contributed by atoms with Crippen LogP contribution in [-0.2, 0) is 17.8 Å². The van der Waals surface area contributed by atoms with Crippen LogP contribution in [0, 0.1) is 17.5 Å². The predicted octanol–water partition coefficient (Wildman–Crippen LogP) is 4.34. The molecule has 2 aliphatic rings. The largest absolute Gasteiger partial charge is 0.445 e. The highest BCUT2D eigenvalue weighted by Gasteiger charge is 2.50. The predicted molar refractivity (Wildman–Crippen MR) is 99.5 cm³/mol. The molecule has 4 rings (SSSR count). The van der Waals surface area contributed by atoms with Crippen molar-refractivity contribution in [2.75, 3.05) is 0 Å². The van der Waals surface area contributed by atoms with Crippen molar-refractivity contribution in [1.29, 1.82) is 0 Å². The normalized spacial score (nSPS) is 25.9. The smallest absolute Gasteiger partial charge is 0.410 e. The number of hydrogen-bond donors (Lipinski definition) is 1. The van der Waals surface area contributed by atoms with Gasteiger partial charge in [-0.2, -0.15) is 0 Å². The third-order valence-corrected chi connectivity index (χ3v) is 5.88. The summed E-state index contributed by atoms with van der Waals surface area (Å²) in [5.41, 5.74) is -0.464. The molecule has 0 aliphatic carbocycles. The molecule has 2 atom stereocenters. The van der Waals surface area contributed by atoms with E-state index in [9.17, 15) is 23.1 Å².